The lowest BCUT2D eigenvalue weighted by Crippen LogP contribution is -2.27. The fourth-order valence-electron chi connectivity index (χ4n) is 4.01. The molecule has 0 amide bonds. The van der Waals surface area contributed by atoms with E-state index in [0.29, 0.717) is 6.61 Å². The van der Waals surface area contributed by atoms with Crippen molar-refractivity contribution in [3.63, 3.8) is 0 Å². The van der Waals surface area contributed by atoms with E-state index in [1.165, 1.54) is 13.2 Å². The smallest absolute Gasteiger partial charge is 0.338 e. The minimum atomic E-state index is -1.35. The summed E-state index contributed by atoms with van der Waals surface area (Å²) in [6.45, 7) is 8.50. The van der Waals surface area contributed by atoms with Crippen molar-refractivity contribution in [1.29, 1.82) is 0 Å². The second-order valence-corrected chi connectivity index (χ2v) is 9.21. The summed E-state index contributed by atoms with van der Waals surface area (Å²) in [6.07, 6.45) is -0.434. The van der Waals surface area contributed by atoms with E-state index < -0.39 is 46.6 Å². The Morgan fingerprint density at radius 2 is 1.85 bits per heavy atom. The van der Waals surface area contributed by atoms with Gasteiger partial charge < -0.3 is 14.0 Å². The molecule has 0 N–H and O–H groups in total. The number of hydrogen-bond donors (Lipinski definition) is 0. The highest BCUT2D eigenvalue weighted by molar-refractivity contribution is 9.10. The molecule has 1 aliphatic heterocycles. The zero-order valence-electron chi connectivity index (χ0n) is 19.4. The summed E-state index contributed by atoms with van der Waals surface area (Å²) >= 11 is 2.78. The third-order valence-corrected chi connectivity index (χ3v) is 6.33. The molecular formula is C24H25BrF4N2O3. The zero-order chi connectivity index (χ0) is 25.4. The molecule has 1 aliphatic rings. The topological polar surface area (TPSA) is 53.3 Å². The van der Waals surface area contributed by atoms with Crippen molar-refractivity contribution in [2.24, 2.45) is 5.41 Å². The molecule has 0 radical (unpaired) electrons. The molecule has 0 spiro atoms. The second kappa shape index (κ2) is 10.0. The van der Waals surface area contributed by atoms with Gasteiger partial charge in [-0.2, -0.15) is 0 Å². The van der Waals surface area contributed by atoms with Crippen LogP contribution in [0.15, 0.2) is 22.7 Å². The van der Waals surface area contributed by atoms with Crippen molar-refractivity contribution in [2.75, 3.05) is 20.3 Å². The van der Waals surface area contributed by atoms with Crippen LogP contribution in [0.5, 0.6) is 0 Å². The summed E-state index contributed by atoms with van der Waals surface area (Å²) in [5.74, 6) is -4.96. The first-order valence-corrected chi connectivity index (χ1v) is 11.5. The maximum Gasteiger partial charge on any atom is 0.338 e. The van der Waals surface area contributed by atoms with E-state index in [9.17, 15) is 22.4 Å². The number of hydrogen-bond acceptors (Lipinski definition) is 4. The van der Waals surface area contributed by atoms with Crippen molar-refractivity contribution in [3.8, 4) is 0 Å². The molecule has 2 heterocycles. The van der Waals surface area contributed by atoms with Gasteiger partial charge in [-0.25, -0.2) is 27.3 Å². The van der Waals surface area contributed by atoms with Crippen molar-refractivity contribution >= 4 is 32.9 Å². The van der Waals surface area contributed by atoms with Gasteiger partial charge in [0, 0.05) is 17.4 Å². The van der Waals surface area contributed by atoms with E-state index in [2.05, 4.69) is 20.9 Å². The van der Waals surface area contributed by atoms with Crippen molar-refractivity contribution < 1.29 is 31.8 Å². The highest BCUT2D eigenvalue weighted by Gasteiger charge is 2.39. The minimum Gasteiger partial charge on any atom is -0.465 e. The van der Waals surface area contributed by atoms with Gasteiger partial charge in [0.15, 0.2) is 17.5 Å². The van der Waals surface area contributed by atoms with Gasteiger partial charge in [-0.05, 0) is 34.1 Å². The average molecular weight is 545 g/mol. The van der Waals surface area contributed by atoms with Gasteiger partial charge in [0.05, 0.1) is 41.9 Å². The maximum atomic E-state index is 14.9. The van der Waals surface area contributed by atoms with E-state index in [0.717, 1.165) is 12.1 Å². The Labute approximate surface area is 203 Å². The van der Waals surface area contributed by atoms with Crippen LogP contribution in [-0.4, -0.2) is 35.8 Å². The van der Waals surface area contributed by atoms with Gasteiger partial charge in [0.2, 0.25) is 0 Å². The van der Waals surface area contributed by atoms with Crippen LogP contribution in [0.1, 0.15) is 55.5 Å². The Hall–Kier alpha value is -2.46. The largest absolute Gasteiger partial charge is 0.465 e. The van der Waals surface area contributed by atoms with Crippen molar-refractivity contribution in [1.82, 2.24) is 9.55 Å². The molecule has 0 bridgehead atoms. The molecule has 184 valence electrons. The molecule has 1 unspecified atom stereocenters. The van der Waals surface area contributed by atoms with Gasteiger partial charge in [0.1, 0.15) is 17.2 Å². The Bertz CT molecular complexity index is 1240. The zero-order valence-corrected chi connectivity index (χ0v) is 21.0. The van der Waals surface area contributed by atoms with E-state index in [1.807, 2.05) is 27.7 Å². The molecule has 1 saturated heterocycles. The molecule has 0 aliphatic carbocycles. The predicted octanol–water partition coefficient (Wildman–Crippen LogP) is 6.36. The van der Waals surface area contributed by atoms with Crippen LogP contribution in [0, 0.1) is 28.7 Å². The third kappa shape index (κ3) is 4.57. The van der Waals surface area contributed by atoms with E-state index in [4.69, 9.17) is 9.47 Å². The number of nitrogens with zero attached hydrogens (tertiary/aromatic N) is 2. The lowest BCUT2D eigenvalue weighted by Gasteiger charge is -2.28. The Balaban J connectivity index is 0.00000158. The predicted molar refractivity (Wildman–Crippen MR) is 123 cm³/mol. The van der Waals surface area contributed by atoms with E-state index >= 15 is 0 Å². The molecule has 10 heteroatoms. The molecule has 1 aromatic heterocycles. The summed E-state index contributed by atoms with van der Waals surface area (Å²) in [5.41, 5.74) is -0.819. The van der Waals surface area contributed by atoms with Gasteiger partial charge in [0.25, 0.3) is 0 Å². The molecular weight excluding hydrogens is 520 g/mol. The van der Waals surface area contributed by atoms with Crippen LogP contribution in [-0.2, 0) is 15.9 Å². The summed E-state index contributed by atoms with van der Waals surface area (Å²) in [7, 11) is 1.18. The van der Waals surface area contributed by atoms with Crippen LogP contribution in [0.4, 0.5) is 17.6 Å². The quantitative estimate of drug-likeness (QED) is 0.166. The number of methoxy groups -OCH3 is 1. The Morgan fingerprint density at radius 3 is 2.44 bits per heavy atom. The van der Waals surface area contributed by atoms with Gasteiger partial charge in [-0.15, -0.1) is 0 Å². The van der Waals surface area contributed by atoms with Gasteiger partial charge in [-0.1, -0.05) is 27.7 Å². The summed E-state index contributed by atoms with van der Waals surface area (Å²) in [6, 6.07) is 2.87. The number of fused-ring (bicyclic) bond motifs is 1. The monoisotopic (exact) mass is 544 g/mol. The number of carbonyl (C=O) groups is 1. The lowest BCUT2D eigenvalue weighted by atomic mass is 9.87. The first-order chi connectivity index (χ1) is 16.0. The third-order valence-electron chi connectivity index (χ3n) is 5.75. The Kier molecular flexibility index (Phi) is 7.72. The molecule has 0 saturated carbocycles. The first-order valence-electron chi connectivity index (χ1n) is 10.7. The number of halogens is 5. The number of aromatic nitrogens is 2. The molecule has 5 nitrogen and oxygen atoms in total. The van der Waals surface area contributed by atoms with E-state index in [-0.39, 0.29) is 39.5 Å². The Morgan fingerprint density at radius 1 is 1.18 bits per heavy atom. The normalized spacial score (nSPS) is 16.9. The number of esters is 1. The van der Waals surface area contributed by atoms with E-state index in [1.54, 1.807) is 4.57 Å². The SMILES string of the molecule is CC.COC(=O)c1cc(F)c2nc(Cc3c(F)cc(Br)c(F)c3F)n(C3COCC3(C)C)c2c1. The number of imidazole rings is 1. The minimum absolute atomic E-state index is 0.0334. The molecule has 1 fully saturated rings. The average Bonchev–Trinajstić information content (AvgIpc) is 3.34. The van der Waals surface area contributed by atoms with Gasteiger partial charge in [-0.3, -0.25) is 0 Å². The molecule has 1 atom stereocenters. The fourth-order valence-corrected chi connectivity index (χ4v) is 4.39. The highest BCUT2D eigenvalue weighted by Crippen LogP contribution is 2.41. The van der Waals surface area contributed by atoms with Crippen LogP contribution in [0.3, 0.4) is 0 Å². The van der Waals surface area contributed by atoms with Crippen LogP contribution in [0.2, 0.25) is 0 Å². The molecule has 4 rings (SSSR count). The van der Waals surface area contributed by atoms with Crippen LogP contribution >= 0.6 is 15.9 Å². The molecule has 34 heavy (non-hydrogen) atoms. The summed E-state index contributed by atoms with van der Waals surface area (Å²) in [4.78, 5) is 16.3. The maximum absolute atomic E-state index is 14.9. The lowest BCUT2D eigenvalue weighted by molar-refractivity contribution is 0.0600. The van der Waals surface area contributed by atoms with Crippen molar-refractivity contribution in [3.05, 3.63) is 62.9 Å². The summed E-state index contributed by atoms with van der Waals surface area (Å²) < 4.78 is 69.7. The standard InChI is InChI=1S/C22H19BrF4N2O3.C2H6/c1-22(2)9-32-8-16(22)29-15-5-10(21(30)31-3)4-14(25)20(15)28-17(29)6-11-13(24)7-12(23)19(27)18(11)26;1-2/h4-5,7,16H,6,8-9H2,1-3H3;1-2H3. The van der Waals surface area contributed by atoms with Crippen LogP contribution in [0.25, 0.3) is 11.0 Å². The number of benzene rings is 2. The highest BCUT2D eigenvalue weighted by atomic mass is 79.9. The second-order valence-electron chi connectivity index (χ2n) is 8.36. The molecule has 3 aromatic rings. The number of rotatable bonds is 4. The van der Waals surface area contributed by atoms with Gasteiger partial charge >= 0.3 is 5.97 Å². The molecule has 2 aromatic carbocycles. The number of carbonyl (C=O) groups excluding carboxylic acids is 1. The van der Waals surface area contributed by atoms with Crippen LogP contribution < -0.4 is 0 Å². The van der Waals surface area contributed by atoms with Crippen molar-refractivity contribution in [2.45, 2.75) is 40.2 Å². The number of ether oxygens (including phenoxy) is 2. The summed E-state index contributed by atoms with van der Waals surface area (Å²) in [5, 5.41) is 0. The fraction of sp³-hybridized carbons (Fsp3) is 0.417. The first kappa shape index (κ1) is 26.2.